The number of hydrogen-bond acceptors (Lipinski definition) is 2. The zero-order valence-electron chi connectivity index (χ0n) is 10.2. The fourth-order valence-electron chi connectivity index (χ4n) is 1.04. The van der Waals surface area contributed by atoms with Crippen molar-refractivity contribution in [1.82, 2.24) is 0 Å². The summed E-state index contributed by atoms with van der Waals surface area (Å²) in [5, 5.41) is 3.70. The predicted octanol–water partition coefficient (Wildman–Crippen LogP) is 4.05. The summed E-state index contributed by atoms with van der Waals surface area (Å²) in [7, 11) is 0. The third-order valence-corrected chi connectivity index (χ3v) is 1.91. The largest absolute Gasteiger partial charge is 0.391 e. The fourth-order valence-corrected chi connectivity index (χ4v) is 1.04. The van der Waals surface area contributed by atoms with Crippen LogP contribution in [0, 0.1) is 5.41 Å². The molecule has 0 N–H and O–H groups in total. The molecular weight excluding hydrogens is 224 g/mol. The molecule has 0 heterocycles. The summed E-state index contributed by atoms with van der Waals surface area (Å²) in [5.41, 5.74) is 0.659. The van der Waals surface area contributed by atoms with Gasteiger partial charge in [0.05, 0.1) is 0 Å². The van der Waals surface area contributed by atoms with E-state index in [1.165, 1.54) is 12.1 Å². The minimum atomic E-state index is -2.43. The second-order valence-corrected chi connectivity index (χ2v) is 4.77. The first kappa shape index (κ1) is 13.6. The normalized spacial score (nSPS) is 12.4. The van der Waals surface area contributed by atoms with Gasteiger partial charge in [-0.3, -0.25) is 0 Å². The highest BCUT2D eigenvalue weighted by Crippen LogP contribution is 2.19. The van der Waals surface area contributed by atoms with Gasteiger partial charge >= 0.3 is 0 Å². The molecule has 0 saturated carbocycles. The van der Waals surface area contributed by atoms with Crippen molar-refractivity contribution >= 4 is 6.21 Å². The molecule has 0 fully saturated rings. The van der Waals surface area contributed by atoms with Gasteiger partial charge in [-0.15, -0.1) is 0 Å². The highest BCUT2D eigenvalue weighted by molar-refractivity contribution is 5.63. The number of halogens is 2. The Kier molecular flexibility index (Phi) is 4.61. The van der Waals surface area contributed by atoms with Gasteiger partial charge in [0, 0.05) is 11.0 Å². The molecule has 1 aromatic rings. The van der Waals surface area contributed by atoms with Crippen LogP contribution in [0.1, 0.15) is 38.3 Å². The summed E-state index contributed by atoms with van der Waals surface area (Å²) < 4.78 is 24.6. The second-order valence-electron chi connectivity index (χ2n) is 4.77. The molecule has 0 aliphatic carbocycles. The maximum Gasteiger partial charge on any atom is 0.263 e. The molecule has 0 aliphatic rings. The standard InChI is InChI=1S/C13H16F2NO/c1-13(2,3)9-16-17-8-10-4-6-11(7-5-10)12(14)15/h4-7,12H,8H2,1-3H3. The van der Waals surface area contributed by atoms with Crippen LogP contribution in [0.3, 0.4) is 0 Å². The molecule has 17 heavy (non-hydrogen) atoms. The molecule has 1 aromatic carbocycles. The molecule has 0 atom stereocenters. The maximum atomic E-state index is 12.3. The van der Waals surface area contributed by atoms with Gasteiger partial charge in [0.25, 0.3) is 6.43 Å². The Bertz CT molecular complexity index is 366. The van der Waals surface area contributed by atoms with E-state index in [9.17, 15) is 8.78 Å². The third kappa shape index (κ3) is 5.43. The van der Waals surface area contributed by atoms with E-state index in [0.29, 0.717) is 0 Å². The van der Waals surface area contributed by atoms with Crippen LogP contribution in [0.2, 0.25) is 0 Å². The quantitative estimate of drug-likeness (QED) is 0.574. The molecule has 0 aromatic heterocycles. The Hall–Kier alpha value is -1.45. The summed E-state index contributed by atoms with van der Waals surface area (Å²) in [6.45, 7) is 6.12. The third-order valence-electron chi connectivity index (χ3n) is 1.91. The van der Waals surface area contributed by atoms with Crippen LogP contribution < -0.4 is 0 Å². The monoisotopic (exact) mass is 240 g/mol. The maximum absolute atomic E-state index is 12.3. The first-order valence-corrected chi connectivity index (χ1v) is 5.34. The Balaban J connectivity index is 2.45. The van der Waals surface area contributed by atoms with Gasteiger partial charge < -0.3 is 4.84 Å². The summed E-state index contributed by atoms with van der Waals surface area (Å²) in [6.07, 6.45) is 0.371. The smallest absolute Gasteiger partial charge is 0.263 e. The van der Waals surface area contributed by atoms with Crippen molar-refractivity contribution in [3.05, 3.63) is 35.4 Å². The summed E-state index contributed by atoms with van der Waals surface area (Å²) >= 11 is 0. The highest BCUT2D eigenvalue weighted by atomic mass is 19.3. The molecule has 4 heteroatoms. The lowest BCUT2D eigenvalue weighted by molar-refractivity contribution is 0.129. The van der Waals surface area contributed by atoms with Crippen LogP contribution in [0.5, 0.6) is 0 Å². The van der Waals surface area contributed by atoms with Gasteiger partial charge in [-0.05, 0) is 5.56 Å². The molecule has 0 spiro atoms. The Labute approximate surface area is 100 Å². The van der Waals surface area contributed by atoms with Crippen LogP contribution in [0.4, 0.5) is 8.78 Å². The van der Waals surface area contributed by atoms with E-state index < -0.39 is 6.43 Å². The van der Waals surface area contributed by atoms with Crippen molar-refractivity contribution in [1.29, 1.82) is 0 Å². The Morgan fingerprint density at radius 3 is 2.29 bits per heavy atom. The van der Waals surface area contributed by atoms with Crippen molar-refractivity contribution in [2.24, 2.45) is 10.6 Å². The average Bonchev–Trinajstić information content (AvgIpc) is 2.24. The fraction of sp³-hybridized carbons (Fsp3) is 0.462. The van der Waals surface area contributed by atoms with Crippen molar-refractivity contribution in [2.75, 3.05) is 0 Å². The minimum absolute atomic E-state index is 0.0125. The van der Waals surface area contributed by atoms with E-state index in [1.807, 2.05) is 20.8 Å². The Morgan fingerprint density at radius 1 is 1.24 bits per heavy atom. The van der Waals surface area contributed by atoms with Crippen LogP contribution in [-0.2, 0) is 11.4 Å². The lowest BCUT2D eigenvalue weighted by Gasteiger charge is -2.08. The van der Waals surface area contributed by atoms with Crippen LogP contribution in [-0.4, -0.2) is 6.21 Å². The molecular formula is C13H16F2NO. The Morgan fingerprint density at radius 2 is 1.82 bits per heavy atom. The lowest BCUT2D eigenvalue weighted by atomic mass is 10.00. The highest BCUT2D eigenvalue weighted by Gasteiger charge is 2.07. The summed E-state index contributed by atoms with van der Waals surface area (Å²) in [4.78, 5) is 5.02. The molecule has 2 nitrogen and oxygen atoms in total. The molecule has 0 amide bonds. The zero-order valence-corrected chi connectivity index (χ0v) is 10.2. The molecule has 0 unspecified atom stereocenters. The van der Waals surface area contributed by atoms with Gasteiger partial charge in [-0.2, -0.15) is 0 Å². The molecule has 93 valence electrons. The van der Waals surface area contributed by atoms with Crippen molar-refractivity contribution in [2.45, 2.75) is 33.8 Å². The first-order valence-electron chi connectivity index (χ1n) is 5.34. The van der Waals surface area contributed by atoms with Gasteiger partial charge in [-0.1, -0.05) is 50.2 Å². The number of benzene rings is 1. The lowest BCUT2D eigenvalue weighted by Crippen LogP contribution is -2.06. The predicted molar refractivity (Wildman–Crippen MR) is 63.1 cm³/mol. The van der Waals surface area contributed by atoms with Crippen LogP contribution in [0.25, 0.3) is 0 Å². The first-order chi connectivity index (χ1) is 7.88. The van der Waals surface area contributed by atoms with Gasteiger partial charge in [0.1, 0.15) is 12.8 Å². The van der Waals surface area contributed by atoms with E-state index in [4.69, 9.17) is 4.84 Å². The van der Waals surface area contributed by atoms with E-state index in [-0.39, 0.29) is 17.6 Å². The van der Waals surface area contributed by atoms with Crippen molar-refractivity contribution in [3.63, 3.8) is 0 Å². The van der Waals surface area contributed by atoms with Crippen LogP contribution in [0.15, 0.2) is 29.4 Å². The van der Waals surface area contributed by atoms with E-state index in [1.54, 1.807) is 12.1 Å². The summed E-state index contributed by atoms with van der Waals surface area (Å²) in [6, 6.07) is 5.99. The number of hydrogen-bond donors (Lipinski definition) is 0. The molecule has 1 rings (SSSR count). The molecule has 1 radical (unpaired) electrons. The molecule has 0 saturated heterocycles. The van der Waals surface area contributed by atoms with E-state index in [2.05, 4.69) is 11.4 Å². The van der Waals surface area contributed by atoms with Crippen molar-refractivity contribution < 1.29 is 13.6 Å². The van der Waals surface area contributed by atoms with Crippen LogP contribution >= 0.6 is 0 Å². The van der Waals surface area contributed by atoms with Gasteiger partial charge in [0.15, 0.2) is 0 Å². The summed E-state index contributed by atoms with van der Waals surface area (Å²) in [5.74, 6) is 0. The van der Waals surface area contributed by atoms with E-state index >= 15 is 0 Å². The number of rotatable bonds is 4. The number of nitrogens with zero attached hydrogens (tertiary/aromatic N) is 1. The molecule has 0 aliphatic heterocycles. The molecule has 0 bridgehead atoms. The SMILES string of the molecule is CC(C)(C)/[C]=N\OCc1ccc(C(F)F)cc1. The topological polar surface area (TPSA) is 21.6 Å². The minimum Gasteiger partial charge on any atom is -0.391 e. The zero-order chi connectivity index (χ0) is 12.9. The van der Waals surface area contributed by atoms with E-state index in [0.717, 1.165) is 5.56 Å². The van der Waals surface area contributed by atoms with Crippen molar-refractivity contribution in [3.8, 4) is 0 Å². The number of alkyl halides is 2. The van der Waals surface area contributed by atoms with Gasteiger partial charge in [-0.25, -0.2) is 8.78 Å². The second kappa shape index (κ2) is 5.75. The van der Waals surface area contributed by atoms with Gasteiger partial charge in [0.2, 0.25) is 0 Å². The average molecular weight is 240 g/mol.